The molecule has 3 rings (SSSR count). The summed E-state index contributed by atoms with van der Waals surface area (Å²) < 4.78 is 28.5. The molecule has 3 heterocycles. The maximum atomic E-state index is 12.2. The Kier molecular flexibility index (Phi) is 2.90. The number of aryl methyl sites for hydroxylation is 1. The first-order valence-corrected chi connectivity index (χ1v) is 7.49. The predicted octanol–water partition coefficient (Wildman–Crippen LogP) is -0.302. The van der Waals surface area contributed by atoms with Gasteiger partial charge in [-0.15, -0.1) is 0 Å². The fourth-order valence-corrected chi connectivity index (χ4v) is 3.53. The Hall–Kier alpha value is -1.67. The lowest BCUT2D eigenvalue weighted by Gasteiger charge is -2.16. The van der Waals surface area contributed by atoms with Gasteiger partial charge in [0.15, 0.2) is 0 Å². The predicted molar refractivity (Wildman–Crippen MR) is 70.1 cm³/mol. The first-order chi connectivity index (χ1) is 9.04. The number of hydrogen-bond acceptors (Lipinski definition) is 5. The molecular weight excluding hydrogens is 266 g/mol. The van der Waals surface area contributed by atoms with Crippen LogP contribution < -0.4 is 4.72 Å². The van der Waals surface area contributed by atoms with E-state index in [2.05, 4.69) is 14.8 Å². The van der Waals surface area contributed by atoms with Crippen LogP contribution in [-0.2, 0) is 17.1 Å². The van der Waals surface area contributed by atoms with E-state index in [4.69, 9.17) is 0 Å². The Morgan fingerprint density at radius 2 is 2.32 bits per heavy atom. The number of hydrogen-bond donors (Lipinski definition) is 1. The molecule has 0 aromatic carbocycles. The van der Waals surface area contributed by atoms with Gasteiger partial charge in [-0.2, -0.15) is 5.10 Å². The number of aliphatic imine (C=N–C) groups is 1. The van der Waals surface area contributed by atoms with Gasteiger partial charge >= 0.3 is 0 Å². The van der Waals surface area contributed by atoms with E-state index in [1.165, 1.54) is 17.1 Å². The van der Waals surface area contributed by atoms with Crippen molar-refractivity contribution in [3.8, 4) is 0 Å². The largest absolute Gasteiger partial charge is 0.335 e. The molecule has 102 valence electrons. The molecule has 0 radical (unpaired) electrons. The third kappa shape index (κ3) is 2.41. The van der Waals surface area contributed by atoms with Crippen LogP contribution in [0.25, 0.3) is 0 Å². The molecule has 2 aliphatic heterocycles. The number of nitrogens with one attached hydrogen (secondary N) is 1. The zero-order chi connectivity index (χ0) is 13.5. The Bertz CT molecular complexity index is 646. The third-order valence-electron chi connectivity index (χ3n) is 3.21. The van der Waals surface area contributed by atoms with Gasteiger partial charge in [0.1, 0.15) is 4.90 Å². The second-order valence-electron chi connectivity index (χ2n) is 4.70. The van der Waals surface area contributed by atoms with E-state index < -0.39 is 10.0 Å². The minimum absolute atomic E-state index is 0.124. The van der Waals surface area contributed by atoms with Crippen LogP contribution in [0.15, 0.2) is 34.1 Å². The van der Waals surface area contributed by atoms with Gasteiger partial charge in [-0.25, -0.2) is 13.1 Å². The summed E-state index contributed by atoms with van der Waals surface area (Å²) in [6, 6.07) is -0.124. The smallest absolute Gasteiger partial charge is 0.244 e. The molecule has 0 saturated carbocycles. The lowest BCUT2D eigenvalue weighted by Crippen LogP contribution is -2.36. The Morgan fingerprint density at radius 1 is 1.47 bits per heavy atom. The fourth-order valence-electron chi connectivity index (χ4n) is 2.32. The van der Waals surface area contributed by atoms with E-state index in [0.717, 1.165) is 5.70 Å². The molecule has 1 fully saturated rings. The normalized spacial score (nSPS) is 22.5. The highest BCUT2D eigenvalue weighted by Crippen LogP contribution is 2.23. The van der Waals surface area contributed by atoms with Gasteiger partial charge in [0.2, 0.25) is 10.0 Å². The standard InChI is InChI=1S/C11H15N5O2S/c1-15-7-11(5-13-15)19(17,18)14-9-4-10-2-3-12-8-16(10)6-9/h2,5,7-9,14H,3-4,6H2,1H3/t9-/m0/s1. The van der Waals surface area contributed by atoms with Gasteiger partial charge in [-0.3, -0.25) is 9.67 Å². The van der Waals surface area contributed by atoms with Gasteiger partial charge in [-0.05, 0) is 6.08 Å². The molecule has 1 N–H and O–H groups in total. The van der Waals surface area contributed by atoms with Crippen molar-refractivity contribution < 1.29 is 8.42 Å². The van der Waals surface area contributed by atoms with Crippen molar-refractivity contribution in [2.24, 2.45) is 12.0 Å². The molecule has 0 amide bonds. The molecule has 7 nitrogen and oxygen atoms in total. The topological polar surface area (TPSA) is 79.6 Å². The highest BCUT2D eigenvalue weighted by atomic mass is 32.2. The summed E-state index contributed by atoms with van der Waals surface area (Å²) in [7, 11) is -1.81. The fraction of sp³-hybridized carbons (Fsp3) is 0.455. The van der Waals surface area contributed by atoms with Crippen LogP contribution in [0, 0.1) is 0 Å². The van der Waals surface area contributed by atoms with Crippen LogP contribution in [0.3, 0.4) is 0 Å². The molecule has 0 unspecified atom stereocenters. The summed E-state index contributed by atoms with van der Waals surface area (Å²) in [6.45, 7) is 1.29. The van der Waals surface area contributed by atoms with E-state index in [0.29, 0.717) is 19.5 Å². The van der Waals surface area contributed by atoms with Crippen molar-refractivity contribution in [2.45, 2.75) is 17.4 Å². The van der Waals surface area contributed by atoms with Crippen LogP contribution in [-0.4, -0.2) is 48.6 Å². The maximum absolute atomic E-state index is 12.2. The summed E-state index contributed by atoms with van der Waals surface area (Å²) in [6.07, 6.45) is 7.34. The first kappa shape index (κ1) is 12.4. The number of fused-ring (bicyclic) bond motifs is 1. The molecule has 1 atom stereocenters. The Balaban J connectivity index is 1.74. The van der Waals surface area contributed by atoms with Crippen LogP contribution in [0.4, 0.5) is 0 Å². The van der Waals surface area contributed by atoms with Crippen molar-refractivity contribution in [1.82, 2.24) is 19.4 Å². The van der Waals surface area contributed by atoms with Gasteiger partial charge in [0, 0.05) is 37.9 Å². The molecule has 2 aliphatic rings. The lowest BCUT2D eigenvalue weighted by molar-refractivity contribution is 0.528. The molecule has 0 spiro atoms. The van der Waals surface area contributed by atoms with Crippen LogP contribution in [0.1, 0.15) is 6.42 Å². The Labute approximate surface area is 111 Å². The van der Waals surface area contributed by atoms with Crippen LogP contribution in [0.2, 0.25) is 0 Å². The molecular formula is C11H15N5O2S. The van der Waals surface area contributed by atoms with E-state index in [9.17, 15) is 8.42 Å². The van der Waals surface area contributed by atoms with E-state index in [1.54, 1.807) is 13.4 Å². The molecule has 0 bridgehead atoms. The summed E-state index contributed by atoms with van der Waals surface area (Å²) in [5.74, 6) is 0. The second-order valence-corrected chi connectivity index (χ2v) is 6.41. The number of aromatic nitrogens is 2. The molecule has 1 saturated heterocycles. The Morgan fingerprint density at radius 3 is 3.00 bits per heavy atom. The van der Waals surface area contributed by atoms with E-state index in [-0.39, 0.29) is 10.9 Å². The zero-order valence-electron chi connectivity index (χ0n) is 10.5. The lowest BCUT2D eigenvalue weighted by atomic mass is 10.2. The molecule has 19 heavy (non-hydrogen) atoms. The van der Waals surface area contributed by atoms with Crippen molar-refractivity contribution in [2.75, 3.05) is 13.1 Å². The highest BCUT2D eigenvalue weighted by Gasteiger charge is 2.30. The quantitative estimate of drug-likeness (QED) is 0.825. The monoisotopic (exact) mass is 281 g/mol. The molecule has 0 aliphatic carbocycles. The van der Waals surface area contributed by atoms with E-state index >= 15 is 0 Å². The number of nitrogens with zero attached hydrogens (tertiary/aromatic N) is 4. The van der Waals surface area contributed by atoms with Crippen LogP contribution >= 0.6 is 0 Å². The second kappa shape index (κ2) is 4.46. The third-order valence-corrected chi connectivity index (χ3v) is 4.68. The van der Waals surface area contributed by atoms with Crippen molar-refractivity contribution in [3.63, 3.8) is 0 Å². The minimum atomic E-state index is -3.50. The van der Waals surface area contributed by atoms with Crippen molar-refractivity contribution in [3.05, 3.63) is 24.2 Å². The van der Waals surface area contributed by atoms with Gasteiger partial charge in [0.05, 0.1) is 19.1 Å². The average Bonchev–Trinajstić information content (AvgIpc) is 2.94. The van der Waals surface area contributed by atoms with Gasteiger partial charge in [-0.1, -0.05) is 0 Å². The van der Waals surface area contributed by atoms with E-state index in [1.807, 2.05) is 11.0 Å². The number of sulfonamides is 1. The van der Waals surface area contributed by atoms with Crippen molar-refractivity contribution >= 4 is 16.4 Å². The minimum Gasteiger partial charge on any atom is -0.335 e. The number of rotatable bonds is 3. The summed E-state index contributed by atoms with van der Waals surface area (Å²) in [5.41, 5.74) is 1.13. The summed E-state index contributed by atoms with van der Waals surface area (Å²) >= 11 is 0. The van der Waals surface area contributed by atoms with Crippen LogP contribution in [0.5, 0.6) is 0 Å². The zero-order valence-corrected chi connectivity index (χ0v) is 11.3. The SMILES string of the molecule is Cn1cc(S(=O)(=O)N[C@H]2CC3=CCN=CN3C2)cn1. The first-order valence-electron chi connectivity index (χ1n) is 6.01. The molecule has 8 heteroatoms. The van der Waals surface area contributed by atoms with Gasteiger partial charge in [0.25, 0.3) is 0 Å². The van der Waals surface area contributed by atoms with Gasteiger partial charge < -0.3 is 4.90 Å². The van der Waals surface area contributed by atoms with Crippen molar-refractivity contribution in [1.29, 1.82) is 0 Å². The molecule has 1 aromatic rings. The highest BCUT2D eigenvalue weighted by molar-refractivity contribution is 7.89. The summed E-state index contributed by atoms with van der Waals surface area (Å²) in [5, 5.41) is 3.88. The maximum Gasteiger partial charge on any atom is 0.244 e. The summed E-state index contributed by atoms with van der Waals surface area (Å²) in [4.78, 5) is 6.33. The average molecular weight is 281 g/mol. The molecule has 1 aromatic heterocycles.